The van der Waals surface area contributed by atoms with Gasteiger partial charge in [-0.1, -0.05) is 0 Å². The van der Waals surface area contributed by atoms with E-state index < -0.39 is 79.5 Å². The fourth-order valence-corrected chi connectivity index (χ4v) is 4.72. The Balaban J connectivity index is 1.74. The van der Waals surface area contributed by atoms with Crippen molar-refractivity contribution >= 4 is 0 Å². The first kappa shape index (κ1) is 26.7. The third-order valence-corrected chi connectivity index (χ3v) is 6.69. The Labute approximate surface area is 192 Å². The van der Waals surface area contributed by atoms with Crippen molar-refractivity contribution < 1.29 is 44.5 Å². The highest BCUT2D eigenvalue weighted by Crippen LogP contribution is 2.33. The lowest BCUT2D eigenvalue weighted by Gasteiger charge is -2.50. The zero-order valence-corrected chi connectivity index (χ0v) is 18.9. The van der Waals surface area contributed by atoms with Gasteiger partial charge in [0.25, 0.3) is 0 Å². The van der Waals surface area contributed by atoms with Crippen molar-refractivity contribution in [1.29, 1.82) is 0 Å². The van der Waals surface area contributed by atoms with E-state index in [2.05, 4.69) is 5.32 Å². The number of rotatable bonds is 7. The maximum absolute atomic E-state index is 11.0. The van der Waals surface area contributed by atoms with Gasteiger partial charge in [0.1, 0.15) is 48.0 Å². The molecule has 2 fully saturated rings. The molecular weight excluding hydrogens is 440 g/mol. The quantitative estimate of drug-likeness (QED) is 0.168. The van der Waals surface area contributed by atoms with Gasteiger partial charge in [-0.25, -0.2) is 0 Å². The van der Waals surface area contributed by atoms with E-state index in [1.807, 2.05) is 0 Å². The summed E-state index contributed by atoms with van der Waals surface area (Å²) in [6, 6.07) is -2.32. The van der Waals surface area contributed by atoms with Crippen LogP contribution >= 0.6 is 0 Å². The minimum Gasteiger partial charge on any atom is -0.465 e. The molecule has 0 aromatic carbocycles. The lowest BCUT2D eigenvalue weighted by atomic mass is 9.82. The molecule has 2 aliphatic heterocycles. The predicted octanol–water partition coefficient (Wildman–Crippen LogP) is -4.46. The molecule has 3 rings (SSSR count). The number of likely N-dealkylation sites (N-methyl/N-ethyl adjacent to an activating group) is 1. The average Bonchev–Trinajstić information content (AvgIpc) is 2.76. The van der Waals surface area contributed by atoms with Crippen LogP contribution in [0.1, 0.15) is 19.8 Å². The first-order chi connectivity index (χ1) is 15.5. The van der Waals surface area contributed by atoms with Gasteiger partial charge in [-0.3, -0.25) is 0 Å². The van der Waals surface area contributed by atoms with Gasteiger partial charge < -0.3 is 67.0 Å². The van der Waals surface area contributed by atoms with E-state index in [9.17, 15) is 25.5 Å². The van der Waals surface area contributed by atoms with Crippen molar-refractivity contribution in [2.45, 2.75) is 92.7 Å². The van der Waals surface area contributed by atoms with Crippen molar-refractivity contribution in [2.24, 2.45) is 17.2 Å². The number of hydrogen-bond donors (Lipinski definition) is 9. The normalized spacial score (nSPS) is 48.8. The zero-order valence-electron chi connectivity index (χ0n) is 18.9. The largest absolute Gasteiger partial charge is 0.465 e. The number of aliphatic hydroxyl groups excluding tert-OH is 4. The van der Waals surface area contributed by atoms with Gasteiger partial charge in [0, 0.05) is 18.5 Å². The van der Waals surface area contributed by atoms with Crippen LogP contribution in [0.15, 0.2) is 11.8 Å². The van der Waals surface area contributed by atoms with E-state index in [1.165, 1.54) is 6.92 Å². The molecular formula is C20H38N4O9. The summed E-state index contributed by atoms with van der Waals surface area (Å²) in [6.45, 7) is 1.03. The number of hydrogen-bond acceptors (Lipinski definition) is 13. The molecule has 0 radical (unpaired) electrons. The van der Waals surface area contributed by atoms with Crippen LogP contribution in [-0.2, 0) is 18.9 Å². The Morgan fingerprint density at radius 3 is 2.27 bits per heavy atom. The number of nitrogens with one attached hydrogen (secondary N) is 1. The number of ether oxygens (including phenoxy) is 4. The fraction of sp³-hybridized carbons (Fsp3) is 0.900. The molecule has 12 atom stereocenters. The maximum Gasteiger partial charge on any atom is 0.226 e. The Hall–Kier alpha value is -0.940. The van der Waals surface area contributed by atoms with Gasteiger partial charge in [0.05, 0.1) is 19.2 Å². The highest BCUT2D eigenvalue weighted by molar-refractivity contribution is 5.05. The average molecular weight is 479 g/mol. The lowest BCUT2D eigenvalue weighted by molar-refractivity contribution is -0.329. The minimum atomic E-state index is -1.59. The van der Waals surface area contributed by atoms with E-state index in [0.29, 0.717) is 5.76 Å². The van der Waals surface area contributed by atoms with Gasteiger partial charge in [0.2, 0.25) is 6.29 Å². The van der Waals surface area contributed by atoms with Crippen LogP contribution in [0.4, 0.5) is 0 Å². The third-order valence-electron chi connectivity index (χ3n) is 6.69. The second kappa shape index (κ2) is 10.8. The first-order valence-corrected chi connectivity index (χ1v) is 11.1. The predicted molar refractivity (Wildman–Crippen MR) is 114 cm³/mol. The molecule has 1 aliphatic carbocycles. The molecule has 33 heavy (non-hydrogen) atoms. The molecule has 0 bridgehead atoms. The van der Waals surface area contributed by atoms with Gasteiger partial charge in [-0.05, 0) is 26.5 Å². The molecule has 1 saturated carbocycles. The molecule has 2 heterocycles. The summed E-state index contributed by atoms with van der Waals surface area (Å²) in [5.41, 5.74) is 16.4. The Morgan fingerprint density at radius 1 is 1.12 bits per heavy atom. The third kappa shape index (κ3) is 5.34. The number of nitrogens with two attached hydrogens (primary N) is 3. The topological polar surface area (TPSA) is 228 Å². The number of aliphatic hydroxyl groups is 5. The maximum atomic E-state index is 11.0. The summed E-state index contributed by atoms with van der Waals surface area (Å²) in [7, 11) is 1.54. The van der Waals surface area contributed by atoms with E-state index in [0.717, 1.165) is 0 Å². The van der Waals surface area contributed by atoms with E-state index in [1.54, 1.807) is 13.1 Å². The molecule has 0 amide bonds. The molecule has 192 valence electrons. The second-order valence-corrected chi connectivity index (χ2v) is 9.08. The Kier molecular flexibility index (Phi) is 8.70. The Bertz CT molecular complexity index is 684. The minimum absolute atomic E-state index is 0.127. The first-order valence-electron chi connectivity index (χ1n) is 11.1. The molecule has 0 aromatic rings. The molecule has 13 heteroatoms. The molecule has 1 saturated heterocycles. The summed E-state index contributed by atoms with van der Waals surface area (Å²) in [4.78, 5) is 0. The smallest absolute Gasteiger partial charge is 0.226 e. The van der Waals surface area contributed by atoms with E-state index >= 15 is 0 Å². The fourth-order valence-electron chi connectivity index (χ4n) is 4.72. The molecule has 13 nitrogen and oxygen atoms in total. The summed E-state index contributed by atoms with van der Waals surface area (Å²) in [5.74, 6) is 0.451. The van der Waals surface area contributed by atoms with Gasteiger partial charge in [-0.15, -0.1) is 0 Å². The van der Waals surface area contributed by atoms with Crippen molar-refractivity contribution in [3.63, 3.8) is 0 Å². The van der Waals surface area contributed by atoms with Crippen LogP contribution in [0.2, 0.25) is 0 Å². The Morgan fingerprint density at radius 2 is 1.73 bits per heavy atom. The molecule has 0 spiro atoms. The monoisotopic (exact) mass is 478 g/mol. The van der Waals surface area contributed by atoms with Crippen LogP contribution in [0, 0.1) is 0 Å². The van der Waals surface area contributed by atoms with Crippen molar-refractivity contribution in [3.05, 3.63) is 11.8 Å². The van der Waals surface area contributed by atoms with E-state index in [-0.39, 0.29) is 19.4 Å². The lowest BCUT2D eigenvalue weighted by Crippen LogP contribution is -2.71. The van der Waals surface area contributed by atoms with E-state index in [4.69, 9.17) is 36.1 Å². The summed E-state index contributed by atoms with van der Waals surface area (Å²) in [5, 5.41) is 55.2. The zero-order chi connectivity index (χ0) is 24.5. The molecule has 12 N–H and O–H groups in total. The van der Waals surface area contributed by atoms with Crippen molar-refractivity contribution in [1.82, 2.24) is 5.32 Å². The van der Waals surface area contributed by atoms with Gasteiger partial charge in [-0.2, -0.15) is 0 Å². The summed E-state index contributed by atoms with van der Waals surface area (Å²) < 4.78 is 22.9. The van der Waals surface area contributed by atoms with Gasteiger partial charge in [0.15, 0.2) is 6.29 Å². The highest BCUT2D eigenvalue weighted by atomic mass is 16.7. The van der Waals surface area contributed by atoms with Crippen LogP contribution in [0.3, 0.4) is 0 Å². The van der Waals surface area contributed by atoms with Crippen molar-refractivity contribution in [2.75, 3.05) is 20.2 Å². The standard InChI is InChI=1S/C20H38N4O9/c1-20(29)12(7-25)31-19(14(28)17(20)24-2)33-16-10(23)5-9(22)15(13(16)27)32-18-11(26)4-3-8(6-21)30-18/h3,9-19,24-29H,4-7,21-23H2,1-2H3/t9-,10+,11+,12+,13-,14+,15+,16-,17+,18?,19+,20?/m0/s1. The summed E-state index contributed by atoms with van der Waals surface area (Å²) in [6.07, 6.45) is -7.10. The summed E-state index contributed by atoms with van der Waals surface area (Å²) >= 11 is 0. The highest BCUT2D eigenvalue weighted by Gasteiger charge is 2.54. The molecule has 3 aliphatic rings. The second-order valence-electron chi connectivity index (χ2n) is 9.08. The molecule has 0 aromatic heterocycles. The van der Waals surface area contributed by atoms with Crippen molar-refractivity contribution in [3.8, 4) is 0 Å². The SMILES string of the molecule is CN[C@@H]1[C@@H](O)[C@@H](O[C@@H]2[C@@H](O)[C@H](OC3OC(CN)=CC[C@H]3O)[C@@H](N)C[C@H]2N)O[C@H](CO)C1(C)O. The van der Waals surface area contributed by atoms with Crippen LogP contribution in [0.5, 0.6) is 0 Å². The van der Waals surface area contributed by atoms with Gasteiger partial charge >= 0.3 is 0 Å². The van der Waals surface area contributed by atoms with Crippen LogP contribution in [-0.4, -0.2) is 119 Å². The van der Waals surface area contributed by atoms with Crippen LogP contribution < -0.4 is 22.5 Å². The molecule has 2 unspecified atom stereocenters. The van der Waals surface area contributed by atoms with Crippen LogP contribution in [0.25, 0.3) is 0 Å².